The van der Waals surface area contributed by atoms with E-state index >= 15 is 4.39 Å². The van der Waals surface area contributed by atoms with Crippen LogP contribution in [0.2, 0.25) is 0 Å². The Hall–Kier alpha value is -5.52. The molecule has 4 aromatic rings. The number of fused-ring (bicyclic) bond motifs is 1. The zero-order valence-corrected chi connectivity index (χ0v) is 29.2. The summed E-state index contributed by atoms with van der Waals surface area (Å²) in [6.45, 7) is 6.24. The van der Waals surface area contributed by atoms with E-state index in [2.05, 4.69) is 65.2 Å². The number of amides is 3. The van der Waals surface area contributed by atoms with Gasteiger partial charge in [-0.1, -0.05) is 47.6 Å². The van der Waals surface area contributed by atoms with Crippen molar-refractivity contribution >= 4 is 29.6 Å². The number of halogens is 1. The largest absolute Gasteiger partial charge is 0.503 e. The monoisotopic (exact) mass is 708 g/mol. The lowest BCUT2D eigenvalue weighted by Crippen LogP contribution is -2.52. The maximum absolute atomic E-state index is 15.5. The van der Waals surface area contributed by atoms with Crippen LogP contribution >= 0.6 is 0 Å². The number of hydrogen-bond acceptors (Lipinski definition) is 7. The Morgan fingerprint density at radius 2 is 1.71 bits per heavy atom. The van der Waals surface area contributed by atoms with Crippen LogP contribution in [-0.2, 0) is 16.1 Å². The second-order valence-corrected chi connectivity index (χ2v) is 14.4. The van der Waals surface area contributed by atoms with Crippen LogP contribution in [0.1, 0.15) is 100.0 Å². The number of benzene rings is 3. The molecular formula is C40H41FN4O7. The first kappa shape index (κ1) is 34.9. The minimum Gasteiger partial charge on any atom is -0.450 e. The predicted octanol–water partition coefficient (Wildman–Crippen LogP) is 7.29. The highest BCUT2D eigenvalue weighted by Gasteiger charge is 2.41. The van der Waals surface area contributed by atoms with Crippen LogP contribution < -0.4 is 10.6 Å². The quantitative estimate of drug-likeness (QED) is 0.138. The van der Waals surface area contributed by atoms with Gasteiger partial charge < -0.3 is 25.0 Å². The molecule has 2 atom stereocenters. The van der Waals surface area contributed by atoms with Crippen molar-refractivity contribution in [1.82, 2.24) is 15.4 Å². The molecule has 0 radical (unpaired) electrons. The number of imide groups is 1. The molecule has 3 heterocycles. The number of carbonyl (C=O) groups is 4. The summed E-state index contributed by atoms with van der Waals surface area (Å²) in [4.78, 5) is 47.5. The maximum atomic E-state index is 15.5. The number of hydrogen-bond donors (Lipinski definition) is 4. The molecule has 12 heteroatoms. The number of nitrogens with zero attached hydrogens (tertiary/aromatic N) is 2. The summed E-state index contributed by atoms with van der Waals surface area (Å²) >= 11 is 0. The third kappa shape index (κ3) is 6.89. The molecule has 270 valence electrons. The Balaban J connectivity index is 0.00000100. The minimum atomic E-state index is -1.83. The number of anilines is 1. The lowest BCUT2D eigenvalue weighted by atomic mass is 9.66. The van der Waals surface area contributed by atoms with E-state index in [1.54, 1.807) is 6.07 Å². The van der Waals surface area contributed by atoms with Gasteiger partial charge in [0.15, 0.2) is 0 Å². The third-order valence-corrected chi connectivity index (χ3v) is 10.9. The fourth-order valence-corrected chi connectivity index (χ4v) is 8.09. The average Bonchev–Trinajstić information content (AvgIpc) is 3.81. The van der Waals surface area contributed by atoms with Crippen molar-refractivity contribution in [1.29, 1.82) is 0 Å². The van der Waals surface area contributed by atoms with Gasteiger partial charge in [0, 0.05) is 36.1 Å². The number of carboxylic acid groups (broad SMARTS) is 2. The van der Waals surface area contributed by atoms with Crippen molar-refractivity contribution in [2.24, 2.45) is 5.92 Å². The summed E-state index contributed by atoms with van der Waals surface area (Å²) in [6, 6.07) is 18.1. The normalized spacial score (nSPS) is 21.4. The van der Waals surface area contributed by atoms with Crippen LogP contribution in [0, 0.1) is 32.5 Å². The van der Waals surface area contributed by atoms with E-state index in [0.717, 1.165) is 35.4 Å². The molecule has 11 nitrogen and oxygen atoms in total. The molecule has 52 heavy (non-hydrogen) atoms. The summed E-state index contributed by atoms with van der Waals surface area (Å²) in [5, 5.41) is 23.9. The van der Waals surface area contributed by atoms with Crippen LogP contribution in [0.5, 0.6) is 0 Å². The molecule has 3 amide bonds. The standard InChI is InChI=1S/C39H39FN4O4.CH2O3/c1-20-4-5-26(36-21(2)43-48-22(36)3)16-30(20)37(25-10-8-24(9-11-25)23-6-7-23)27-14-29(15-27)41-33-18-31-28(17-32(33)40)19-44(39(31)47)34-12-13-35(45)42-38(34)46;2-1(3)4/h4-5,8-11,16-18,23,27,29,34,37,41H,6-7,12-15,19H2,1-3H3,(H,42,45,46);(H2,2,3,4). The molecule has 0 spiro atoms. The molecule has 4 aliphatic rings. The lowest BCUT2D eigenvalue weighted by Gasteiger charge is -2.42. The van der Waals surface area contributed by atoms with Crippen molar-refractivity contribution in [3.8, 4) is 11.1 Å². The SMILES string of the molecule is Cc1ccc(-c2c(C)noc2C)cc1C(c1ccc(C2CC2)cc1)C1CC(Nc2cc3c(cc2F)CN(C2CCC(=O)NC2=O)C3=O)C1.O=C(O)O. The van der Waals surface area contributed by atoms with Gasteiger partial charge in [0.05, 0.1) is 11.4 Å². The van der Waals surface area contributed by atoms with Crippen molar-refractivity contribution in [3.05, 3.63) is 105 Å². The molecule has 4 N–H and O–H groups in total. The van der Waals surface area contributed by atoms with E-state index in [1.165, 1.54) is 46.1 Å². The van der Waals surface area contributed by atoms with Crippen molar-refractivity contribution < 1.29 is 38.3 Å². The van der Waals surface area contributed by atoms with E-state index in [9.17, 15) is 14.4 Å². The van der Waals surface area contributed by atoms with E-state index in [0.29, 0.717) is 28.7 Å². The first-order chi connectivity index (χ1) is 24.9. The van der Waals surface area contributed by atoms with Gasteiger partial charge in [0.2, 0.25) is 11.8 Å². The van der Waals surface area contributed by atoms with E-state index in [1.807, 2.05) is 13.8 Å². The molecule has 1 saturated heterocycles. The van der Waals surface area contributed by atoms with Crippen LogP contribution in [0.3, 0.4) is 0 Å². The summed E-state index contributed by atoms with van der Waals surface area (Å²) in [7, 11) is 0. The second-order valence-electron chi connectivity index (χ2n) is 14.4. The molecule has 1 aromatic heterocycles. The molecule has 2 aliphatic carbocycles. The highest BCUT2D eigenvalue weighted by molar-refractivity contribution is 6.05. The summed E-state index contributed by atoms with van der Waals surface area (Å²) in [5.41, 5.74) is 9.45. The molecule has 2 unspecified atom stereocenters. The fraction of sp³-hybridized carbons (Fsp3) is 0.375. The number of aryl methyl sites for hydroxylation is 3. The Morgan fingerprint density at radius 3 is 2.35 bits per heavy atom. The van der Waals surface area contributed by atoms with E-state index < -0.39 is 23.9 Å². The van der Waals surface area contributed by atoms with Crippen molar-refractivity contribution in [2.45, 2.75) is 89.8 Å². The Bertz CT molecular complexity index is 2040. The van der Waals surface area contributed by atoms with Gasteiger partial charge in [-0.25, -0.2) is 9.18 Å². The summed E-state index contributed by atoms with van der Waals surface area (Å²) in [6.07, 6.45) is 2.82. The maximum Gasteiger partial charge on any atom is 0.503 e. The molecule has 0 bridgehead atoms. The molecule has 3 aromatic carbocycles. The highest BCUT2D eigenvalue weighted by Crippen LogP contribution is 2.48. The van der Waals surface area contributed by atoms with E-state index in [-0.39, 0.29) is 43.2 Å². The first-order valence-corrected chi connectivity index (χ1v) is 17.7. The molecular weight excluding hydrogens is 667 g/mol. The van der Waals surface area contributed by atoms with Gasteiger partial charge in [-0.15, -0.1) is 0 Å². The number of rotatable bonds is 8. The number of carbonyl (C=O) groups excluding carboxylic acids is 3. The van der Waals surface area contributed by atoms with Crippen LogP contribution in [0.25, 0.3) is 11.1 Å². The van der Waals surface area contributed by atoms with Crippen LogP contribution in [0.15, 0.2) is 59.1 Å². The minimum absolute atomic E-state index is 0.0459. The highest BCUT2D eigenvalue weighted by atomic mass is 19.1. The van der Waals surface area contributed by atoms with Gasteiger partial charge in [0.1, 0.15) is 17.6 Å². The number of aromatic nitrogens is 1. The zero-order valence-electron chi connectivity index (χ0n) is 29.2. The first-order valence-electron chi connectivity index (χ1n) is 17.7. The molecule has 2 aliphatic heterocycles. The number of nitrogens with one attached hydrogen (secondary N) is 2. The van der Waals surface area contributed by atoms with Gasteiger partial charge in [0.25, 0.3) is 5.91 Å². The predicted molar refractivity (Wildman–Crippen MR) is 190 cm³/mol. The van der Waals surface area contributed by atoms with Crippen molar-refractivity contribution in [3.63, 3.8) is 0 Å². The average molecular weight is 709 g/mol. The third-order valence-electron chi connectivity index (χ3n) is 10.9. The number of piperidine rings is 1. The molecule has 3 fully saturated rings. The van der Waals surface area contributed by atoms with Gasteiger partial charge in [-0.2, -0.15) is 0 Å². The Morgan fingerprint density at radius 1 is 1.00 bits per heavy atom. The Kier molecular flexibility index (Phi) is 9.33. The van der Waals surface area contributed by atoms with Crippen LogP contribution in [0.4, 0.5) is 14.9 Å². The summed E-state index contributed by atoms with van der Waals surface area (Å²) in [5.74, 6) is 0.441. The molecule has 2 saturated carbocycles. The van der Waals surface area contributed by atoms with Gasteiger partial charge in [-0.05, 0) is 110 Å². The van der Waals surface area contributed by atoms with Gasteiger partial charge in [-0.3, -0.25) is 19.7 Å². The lowest BCUT2D eigenvalue weighted by molar-refractivity contribution is -0.136. The molecule has 8 rings (SSSR count). The second kappa shape index (κ2) is 13.9. The summed E-state index contributed by atoms with van der Waals surface area (Å²) < 4.78 is 21.0. The van der Waals surface area contributed by atoms with Gasteiger partial charge >= 0.3 is 6.16 Å². The fourth-order valence-electron chi connectivity index (χ4n) is 8.09. The van der Waals surface area contributed by atoms with Crippen molar-refractivity contribution in [2.75, 3.05) is 5.32 Å². The topological polar surface area (TPSA) is 162 Å². The smallest absolute Gasteiger partial charge is 0.450 e. The van der Waals surface area contributed by atoms with E-state index in [4.69, 9.17) is 19.5 Å². The van der Waals surface area contributed by atoms with Crippen LogP contribution in [-0.4, -0.2) is 56.2 Å². The zero-order chi connectivity index (χ0) is 36.8. The Labute approximate surface area is 300 Å².